The zero-order chi connectivity index (χ0) is 12.4. The lowest BCUT2D eigenvalue weighted by atomic mass is 9.99. The molecule has 2 aromatic heterocycles. The first-order valence-corrected chi connectivity index (χ1v) is 6.52. The zero-order valence-electron chi connectivity index (χ0n) is 10.5. The molecule has 1 aliphatic rings. The summed E-state index contributed by atoms with van der Waals surface area (Å²) in [7, 11) is 0. The van der Waals surface area contributed by atoms with Crippen molar-refractivity contribution in [2.24, 2.45) is 5.92 Å². The Morgan fingerprint density at radius 1 is 1.17 bits per heavy atom. The first-order valence-electron chi connectivity index (χ1n) is 6.52. The standard InChI is InChI=1S/C13H17N5/c1-10(2-3-11-4-5-11)12-13(15-7-6-14-12)18-16-8-9-17-18/h6-11H,2-5H2,1H3. The maximum absolute atomic E-state index is 4.47. The van der Waals surface area contributed by atoms with E-state index in [1.165, 1.54) is 19.3 Å². The van der Waals surface area contributed by atoms with Crippen LogP contribution in [0.15, 0.2) is 24.8 Å². The maximum atomic E-state index is 4.47. The molecule has 5 heteroatoms. The second-order valence-corrected chi connectivity index (χ2v) is 5.01. The molecule has 0 bridgehead atoms. The van der Waals surface area contributed by atoms with Crippen LogP contribution in [-0.4, -0.2) is 25.0 Å². The minimum atomic E-state index is 0.403. The Balaban J connectivity index is 1.81. The van der Waals surface area contributed by atoms with Crippen LogP contribution in [0.3, 0.4) is 0 Å². The number of nitrogens with zero attached hydrogens (tertiary/aromatic N) is 5. The minimum Gasteiger partial charge on any atom is -0.255 e. The molecule has 1 unspecified atom stereocenters. The lowest BCUT2D eigenvalue weighted by Gasteiger charge is -2.13. The van der Waals surface area contributed by atoms with Crippen molar-refractivity contribution in [3.05, 3.63) is 30.5 Å². The quantitative estimate of drug-likeness (QED) is 0.808. The summed E-state index contributed by atoms with van der Waals surface area (Å²) in [5.74, 6) is 2.11. The second-order valence-electron chi connectivity index (χ2n) is 5.01. The molecule has 2 aromatic rings. The van der Waals surface area contributed by atoms with Crippen LogP contribution in [0.2, 0.25) is 0 Å². The van der Waals surface area contributed by atoms with Crippen LogP contribution >= 0.6 is 0 Å². The lowest BCUT2D eigenvalue weighted by Crippen LogP contribution is -2.10. The highest BCUT2D eigenvalue weighted by atomic mass is 15.5. The van der Waals surface area contributed by atoms with Gasteiger partial charge in [-0.25, -0.2) is 4.98 Å². The molecule has 1 saturated carbocycles. The van der Waals surface area contributed by atoms with Crippen LogP contribution in [0.5, 0.6) is 0 Å². The fourth-order valence-corrected chi connectivity index (χ4v) is 2.20. The molecule has 0 amide bonds. The molecule has 5 nitrogen and oxygen atoms in total. The molecule has 0 saturated heterocycles. The maximum Gasteiger partial charge on any atom is 0.196 e. The van der Waals surface area contributed by atoms with Gasteiger partial charge in [-0.3, -0.25) is 4.98 Å². The third-order valence-electron chi connectivity index (χ3n) is 3.49. The van der Waals surface area contributed by atoms with Crippen molar-refractivity contribution in [1.29, 1.82) is 0 Å². The van der Waals surface area contributed by atoms with Crippen LogP contribution < -0.4 is 0 Å². The number of aromatic nitrogens is 5. The summed E-state index contributed by atoms with van der Waals surface area (Å²) in [5, 5.41) is 8.28. The fourth-order valence-electron chi connectivity index (χ4n) is 2.20. The third-order valence-corrected chi connectivity index (χ3v) is 3.49. The van der Waals surface area contributed by atoms with Gasteiger partial charge in [0, 0.05) is 18.3 Å². The van der Waals surface area contributed by atoms with Crippen molar-refractivity contribution in [2.45, 2.75) is 38.5 Å². The molecule has 2 heterocycles. The average molecular weight is 243 g/mol. The van der Waals surface area contributed by atoms with Gasteiger partial charge in [-0.15, -0.1) is 4.80 Å². The highest BCUT2D eigenvalue weighted by Crippen LogP contribution is 2.36. The normalized spacial score (nSPS) is 16.7. The van der Waals surface area contributed by atoms with Crippen LogP contribution in [0, 0.1) is 5.92 Å². The number of hydrogen-bond acceptors (Lipinski definition) is 4. The van der Waals surface area contributed by atoms with Crippen LogP contribution in [0.25, 0.3) is 5.82 Å². The van der Waals surface area contributed by atoms with Crippen LogP contribution in [0.4, 0.5) is 0 Å². The van der Waals surface area contributed by atoms with Gasteiger partial charge in [-0.1, -0.05) is 19.8 Å². The summed E-state index contributed by atoms with van der Waals surface area (Å²) in [5.41, 5.74) is 0.995. The predicted molar refractivity (Wildman–Crippen MR) is 67.3 cm³/mol. The van der Waals surface area contributed by atoms with E-state index in [2.05, 4.69) is 27.1 Å². The van der Waals surface area contributed by atoms with Crippen molar-refractivity contribution in [2.75, 3.05) is 0 Å². The van der Waals surface area contributed by atoms with Gasteiger partial charge >= 0.3 is 0 Å². The van der Waals surface area contributed by atoms with Crippen molar-refractivity contribution >= 4 is 0 Å². The zero-order valence-corrected chi connectivity index (χ0v) is 10.5. The molecule has 94 valence electrons. The molecule has 1 fully saturated rings. The molecule has 0 N–H and O–H groups in total. The average Bonchev–Trinajstić information content (AvgIpc) is 3.08. The fraction of sp³-hybridized carbons (Fsp3) is 0.538. The molecule has 0 radical (unpaired) electrons. The Morgan fingerprint density at radius 3 is 2.61 bits per heavy atom. The summed E-state index contributed by atoms with van der Waals surface area (Å²) in [4.78, 5) is 10.4. The SMILES string of the molecule is CC(CCC1CC1)c1nccnc1-n1nccn1. The van der Waals surface area contributed by atoms with E-state index in [0.29, 0.717) is 5.92 Å². The van der Waals surface area contributed by atoms with Gasteiger partial charge in [0.05, 0.1) is 18.1 Å². The topological polar surface area (TPSA) is 56.5 Å². The number of rotatable bonds is 5. The Labute approximate surface area is 106 Å². The summed E-state index contributed by atoms with van der Waals surface area (Å²) < 4.78 is 0. The molecule has 1 aliphatic carbocycles. The summed E-state index contributed by atoms with van der Waals surface area (Å²) in [6, 6.07) is 0. The largest absolute Gasteiger partial charge is 0.255 e. The monoisotopic (exact) mass is 243 g/mol. The van der Waals surface area contributed by atoms with E-state index in [9.17, 15) is 0 Å². The van der Waals surface area contributed by atoms with E-state index in [4.69, 9.17) is 0 Å². The molecular weight excluding hydrogens is 226 g/mol. The third kappa shape index (κ3) is 2.39. The smallest absolute Gasteiger partial charge is 0.196 e. The van der Waals surface area contributed by atoms with E-state index >= 15 is 0 Å². The lowest BCUT2D eigenvalue weighted by molar-refractivity contribution is 0.570. The summed E-state index contributed by atoms with van der Waals surface area (Å²) in [6.45, 7) is 2.21. The number of hydrogen-bond donors (Lipinski definition) is 0. The van der Waals surface area contributed by atoms with E-state index in [1.54, 1.807) is 29.6 Å². The molecule has 0 spiro atoms. The molecular formula is C13H17N5. The van der Waals surface area contributed by atoms with Gasteiger partial charge in [-0.05, 0) is 18.8 Å². The highest BCUT2D eigenvalue weighted by molar-refractivity contribution is 5.27. The van der Waals surface area contributed by atoms with E-state index in [0.717, 1.165) is 23.9 Å². The molecule has 1 atom stereocenters. The van der Waals surface area contributed by atoms with Gasteiger partial charge < -0.3 is 0 Å². The van der Waals surface area contributed by atoms with Crippen molar-refractivity contribution in [3.8, 4) is 5.82 Å². The second kappa shape index (κ2) is 4.84. The van der Waals surface area contributed by atoms with Crippen LogP contribution in [0.1, 0.15) is 44.2 Å². The Hall–Kier alpha value is -1.78. The molecule has 0 aromatic carbocycles. The molecule has 3 rings (SSSR count). The first kappa shape index (κ1) is 11.3. The van der Waals surface area contributed by atoms with E-state index in [1.807, 2.05) is 0 Å². The van der Waals surface area contributed by atoms with Crippen molar-refractivity contribution in [3.63, 3.8) is 0 Å². The predicted octanol–water partition coefficient (Wildman–Crippen LogP) is 2.35. The van der Waals surface area contributed by atoms with E-state index < -0.39 is 0 Å². The van der Waals surface area contributed by atoms with Gasteiger partial charge in [-0.2, -0.15) is 10.2 Å². The van der Waals surface area contributed by atoms with Gasteiger partial charge in [0.2, 0.25) is 0 Å². The minimum absolute atomic E-state index is 0.403. The van der Waals surface area contributed by atoms with Gasteiger partial charge in [0.1, 0.15) is 0 Å². The Kier molecular flexibility index (Phi) is 3.04. The summed E-state index contributed by atoms with van der Waals surface area (Å²) >= 11 is 0. The Bertz CT molecular complexity index is 504. The van der Waals surface area contributed by atoms with Gasteiger partial charge in [0.15, 0.2) is 5.82 Å². The molecule has 18 heavy (non-hydrogen) atoms. The van der Waals surface area contributed by atoms with Crippen molar-refractivity contribution in [1.82, 2.24) is 25.0 Å². The Morgan fingerprint density at radius 2 is 1.89 bits per heavy atom. The van der Waals surface area contributed by atoms with Crippen LogP contribution in [-0.2, 0) is 0 Å². The molecule has 0 aliphatic heterocycles. The van der Waals surface area contributed by atoms with E-state index in [-0.39, 0.29) is 0 Å². The summed E-state index contributed by atoms with van der Waals surface area (Å²) in [6.07, 6.45) is 12.0. The van der Waals surface area contributed by atoms with Crippen molar-refractivity contribution < 1.29 is 0 Å². The highest BCUT2D eigenvalue weighted by Gasteiger charge is 2.23. The first-order chi connectivity index (χ1) is 8.84. The van der Waals surface area contributed by atoms with Gasteiger partial charge in [0.25, 0.3) is 0 Å².